The van der Waals surface area contributed by atoms with E-state index in [0.717, 1.165) is 33.3 Å². The first kappa shape index (κ1) is 13.2. The molecule has 3 rings (SSSR count). The van der Waals surface area contributed by atoms with E-state index in [4.69, 9.17) is 11.0 Å². The average Bonchev–Trinajstić information content (AvgIpc) is 3.26. The normalized spacial score (nSPS) is 14.2. The van der Waals surface area contributed by atoms with Gasteiger partial charge in [-0.05, 0) is 47.0 Å². The average molecular weight is 331 g/mol. The second-order valence-electron chi connectivity index (χ2n) is 5.06. The maximum atomic E-state index is 8.84. The number of hydrogen-bond donors (Lipinski definition) is 1. The Morgan fingerprint density at radius 2 is 2.25 bits per heavy atom. The van der Waals surface area contributed by atoms with Crippen LogP contribution in [0.25, 0.3) is 10.9 Å². The Kier molecular flexibility index (Phi) is 3.49. The molecule has 1 heterocycles. The largest absolute Gasteiger partial charge is 0.398 e. The van der Waals surface area contributed by atoms with Crippen LogP contribution in [-0.2, 0) is 0 Å². The molecule has 0 amide bonds. The van der Waals surface area contributed by atoms with Gasteiger partial charge in [0.15, 0.2) is 0 Å². The SMILES string of the molecule is N#CCCN(c1ccc(N)c2cc(Br)cnc12)C1CC1. The number of hydrogen-bond acceptors (Lipinski definition) is 4. The lowest BCUT2D eigenvalue weighted by molar-refractivity contribution is 0.795. The van der Waals surface area contributed by atoms with Crippen molar-refractivity contribution in [2.75, 3.05) is 17.2 Å². The number of nitrogens with zero attached hydrogens (tertiary/aromatic N) is 3. The molecule has 1 aliphatic carbocycles. The number of pyridine rings is 1. The molecule has 0 radical (unpaired) electrons. The summed E-state index contributed by atoms with van der Waals surface area (Å²) in [5.74, 6) is 0. The minimum Gasteiger partial charge on any atom is -0.398 e. The summed E-state index contributed by atoms with van der Waals surface area (Å²) >= 11 is 3.44. The lowest BCUT2D eigenvalue weighted by atomic mass is 10.1. The van der Waals surface area contributed by atoms with E-state index in [2.05, 4.69) is 31.9 Å². The molecule has 2 aromatic rings. The van der Waals surface area contributed by atoms with Crippen molar-refractivity contribution >= 4 is 38.2 Å². The number of anilines is 2. The van der Waals surface area contributed by atoms with Crippen molar-refractivity contribution in [2.24, 2.45) is 0 Å². The lowest BCUT2D eigenvalue weighted by Crippen LogP contribution is -2.27. The first-order chi connectivity index (χ1) is 9.70. The van der Waals surface area contributed by atoms with Gasteiger partial charge in [0.2, 0.25) is 0 Å². The summed E-state index contributed by atoms with van der Waals surface area (Å²) in [6.07, 6.45) is 4.70. The van der Waals surface area contributed by atoms with E-state index in [9.17, 15) is 0 Å². The van der Waals surface area contributed by atoms with Crippen LogP contribution < -0.4 is 10.6 Å². The highest BCUT2D eigenvalue weighted by molar-refractivity contribution is 9.10. The van der Waals surface area contributed by atoms with Crippen LogP contribution in [0.4, 0.5) is 11.4 Å². The molecule has 1 saturated carbocycles. The highest BCUT2D eigenvalue weighted by Crippen LogP contribution is 2.37. The Morgan fingerprint density at radius 1 is 1.45 bits per heavy atom. The summed E-state index contributed by atoms with van der Waals surface area (Å²) in [6.45, 7) is 0.748. The topological polar surface area (TPSA) is 65.9 Å². The zero-order valence-electron chi connectivity index (χ0n) is 11.0. The molecule has 102 valence electrons. The number of aromatic nitrogens is 1. The van der Waals surface area contributed by atoms with Crippen LogP contribution >= 0.6 is 15.9 Å². The van der Waals surface area contributed by atoms with Crippen molar-refractivity contribution in [3.63, 3.8) is 0 Å². The quantitative estimate of drug-likeness (QED) is 0.872. The van der Waals surface area contributed by atoms with Crippen LogP contribution in [0, 0.1) is 11.3 Å². The second kappa shape index (κ2) is 5.29. The Balaban J connectivity index is 2.10. The zero-order valence-corrected chi connectivity index (χ0v) is 12.6. The number of benzene rings is 1. The van der Waals surface area contributed by atoms with Crippen molar-refractivity contribution in [3.05, 3.63) is 28.9 Å². The van der Waals surface area contributed by atoms with Crippen LogP contribution in [-0.4, -0.2) is 17.6 Å². The molecular formula is C15H15BrN4. The fourth-order valence-corrected chi connectivity index (χ4v) is 2.82. The minimum atomic E-state index is 0.527. The van der Waals surface area contributed by atoms with E-state index in [-0.39, 0.29) is 0 Å². The molecule has 0 aliphatic heterocycles. The van der Waals surface area contributed by atoms with Crippen molar-refractivity contribution in [1.29, 1.82) is 5.26 Å². The van der Waals surface area contributed by atoms with Gasteiger partial charge in [0.25, 0.3) is 0 Å². The molecular weight excluding hydrogens is 316 g/mol. The van der Waals surface area contributed by atoms with Crippen LogP contribution in [0.15, 0.2) is 28.9 Å². The number of nitrogen functional groups attached to an aromatic ring is 1. The lowest BCUT2D eigenvalue weighted by Gasteiger charge is -2.25. The molecule has 1 fully saturated rings. The summed E-state index contributed by atoms with van der Waals surface area (Å²) in [5, 5.41) is 9.80. The maximum Gasteiger partial charge on any atom is 0.0956 e. The summed E-state index contributed by atoms with van der Waals surface area (Å²) in [4.78, 5) is 6.83. The van der Waals surface area contributed by atoms with Gasteiger partial charge in [0.05, 0.1) is 23.7 Å². The van der Waals surface area contributed by atoms with Gasteiger partial charge in [0.1, 0.15) is 0 Å². The second-order valence-corrected chi connectivity index (χ2v) is 5.97. The zero-order chi connectivity index (χ0) is 14.1. The molecule has 2 N–H and O–H groups in total. The molecule has 1 aromatic heterocycles. The third kappa shape index (κ3) is 2.44. The van der Waals surface area contributed by atoms with Crippen LogP contribution in [0.3, 0.4) is 0 Å². The number of rotatable bonds is 4. The first-order valence-corrected chi connectivity index (χ1v) is 7.47. The van der Waals surface area contributed by atoms with E-state index in [1.807, 2.05) is 18.2 Å². The van der Waals surface area contributed by atoms with E-state index in [1.54, 1.807) is 6.20 Å². The van der Waals surface area contributed by atoms with Crippen LogP contribution in [0.2, 0.25) is 0 Å². The van der Waals surface area contributed by atoms with Crippen molar-refractivity contribution < 1.29 is 0 Å². The van der Waals surface area contributed by atoms with E-state index in [0.29, 0.717) is 12.5 Å². The van der Waals surface area contributed by atoms with Crippen molar-refractivity contribution in [2.45, 2.75) is 25.3 Å². The van der Waals surface area contributed by atoms with Gasteiger partial charge in [0, 0.05) is 34.3 Å². The van der Waals surface area contributed by atoms with E-state index in [1.165, 1.54) is 12.8 Å². The van der Waals surface area contributed by atoms with Crippen molar-refractivity contribution in [1.82, 2.24) is 4.98 Å². The monoisotopic (exact) mass is 330 g/mol. The Hall–Kier alpha value is -1.80. The Bertz CT molecular complexity index is 688. The van der Waals surface area contributed by atoms with Crippen LogP contribution in [0.1, 0.15) is 19.3 Å². The number of nitriles is 1. The molecule has 1 aliphatic rings. The standard InChI is InChI=1S/C15H15BrN4/c16-10-8-12-13(18)4-5-14(15(12)19-9-10)20(7-1-6-17)11-2-3-11/h4-5,8-9,11H,1-3,7,18H2. The highest BCUT2D eigenvalue weighted by atomic mass is 79.9. The summed E-state index contributed by atoms with van der Waals surface area (Å²) in [5.41, 5.74) is 8.78. The van der Waals surface area contributed by atoms with Crippen LogP contribution in [0.5, 0.6) is 0 Å². The molecule has 4 nitrogen and oxygen atoms in total. The van der Waals surface area contributed by atoms with Gasteiger partial charge in [-0.15, -0.1) is 0 Å². The molecule has 0 bridgehead atoms. The van der Waals surface area contributed by atoms with Gasteiger partial charge in [-0.2, -0.15) is 5.26 Å². The predicted molar refractivity (Wildman–Crippen MR) is 84.5 cm³/mol. The fourth-order valence-electron chi connectivity index (χ4n) is 2.49. The smallest absolute Gasteiger partial charge is 0.0956 e. The summed E-state index contributed by atoms with van der Waals surface area (Å²) in [7, 11) is 0. The van der Waals surface area contributed by atoms with Gasteiger partial charge in [-0.3, -0.25) is 4.98 Å². The van der Waals surface area contributed by atoms with Gasteiger partial charge in [-0.25, -0.2) is 0 Å². The first-order valence-electron chi connectivity index (χ1n) is 6.68. The number of fused-ring (bicyclic) bond motifs is 1. The molecule has 0 saturated heterocycles. The molecule has 1 aromatic carbocycles. The highest BCUT2D eigenvalue weighted by Gasteiger charge is 2.30. The third-order valence-corrected chi connectivity index (χ3v) is 4.02. The molecule has 0 unspecified atom stereocenters. The van der Waals surface area contributed by atoms with Gasteiger partial charge >= 0.3 is 0 Å². The summed E-state index contributed by atoms with van der Waals surface area (Å²) in [6, 6.07) is 8.71. The molecule has 0 atom stereocenters. The van der Waals surface area contributed by atoms with E-state index < -0.39 is 0 Å². The Labute approximate surface area is 126 Å². The molecule has 20 heavy (non-hydrogen) atoms. The number of halogens is 1. The van der Waals surface area contributed by atoms with Crippen molar-refractivity contribution in [3.8, 4) is 6.07 Å². The molecule has 0 spiro atoms. The van der Waals surface area contributed by atoms with Gasteiger partial charge < -0.3 is 10.6 Å². The minimum absolute atomic E-state index is 0.527. The van der Waals surface area contributed by atoms with E-state index >= 15 is 0 Å². The summed E-state index contributed by atoms with van der Waals surface area (Å²) < 4.78 is 0.920. The predicted octanol–water partition coefficient (Wildman–Crippen LogP) is 3.46. The molecule has 5 heteroatoms. The fraction of sp³-hybridized carbons (Fsp3) is 0.333. The Morgan fingerprint density at radius 3 is 2.95 bits per heavy atom. The number of nitrogens with two attached hydrogens (primary N) is 1. The van der Waals surface area contributed by atoms with Gasteiger partial charge in [-0.1, -0.05) is 0 Å². The maximum absolute atomic E-state index is 8.84. The third-order valence-electron chi connectivity index (χ3n) is 3.59.